The molecule has 114 valence electrons. The highest BCUT2D eigenvalue weighted by Crippen LogP contribution is 2.12. The minimum Gasteiger partial charge on any atom is -0.282 e. The molecule has 0 aliphatic heterocycles. The van der Waals surface area contributed by atoms with Crippen LogP contribution in [0.3, 0.4) is 0 Å². The first-order chi connectivity index (χ1) is 11.1. The van der Waals surface area contributed by atoms with E-state index in [1.165, 1.54) is 10.8 Å². The first-order valence-electron chi connectivity index (χ1n) is 6.82. The summed E-state index contributed by atoms with van der Waals surface area (Å²) in [6.45, 7) is 0. The van der Waals surface area contributed by atoms with Crippen LogP contribution in [0, 0.1) is 0 Å². The largest absolute Gasteiger partial charge is 0.439 e. The maximum absolute atomic E-state index is 12.4. The second-order valence-corrected chi connectivity index (χ2v) is 5.19. The van der Waals surface area contributed by atoms with E-state index in [-0.39, 0.29) is 5.69 Å². The highest BCUT2D eigenvalue weighted by molar-refractivity contribution is 6.30. The molecule has 0 spiro atoms. The normalized spacial score (nSPS) is 11.0. The SMILES string of the molecule is O=C(/C=C/c1cccc(Cl)c1)c1c(=O)o[nH][n+]1-c1ccccc1. The second-order valence-electron chi connectivity index (χ2n) is 4.75. The van der Waals surface area contributed by atoms with Crippen LogP contribution in [0.4, 0.5) is 0 Å². The van der Waals surface area contributed by atoms with Crippen LogP contribution in [0.15, 0.2) is 70.0 Å². The lowest BCUT2D eigenvalue weighted by Gasteiger charge is -1.93. The van der Waals surface area contributed by atoms with Crippen molar-refractivity contribution in [2.24, 2.45) is 0 Å². The topological polar surface area (TPSA) is 67.0 Å². The molecular formula is C17H12ClN2O3+. The second kappa shape index (κ2) is 6.46. The van der Waals surface area contributed by atoms with E-state index in [9.17, 15) is 9.59 Å². The average Bonchev–Trinajstić information content (AvgIpc) is 2.95. The van der Waals surface area contributed by atoms with Crippen LogP contribution >= 0.6 is 11.6 Å². The summed E-state index contributed by atoms with van der Waals surface area (Å²) < 4.78 is 6.06. The number of nitrogens with one attached hydrogen (secondary N) is 1. The van der Waals surface area contributed by atoms with Crippen molar-refractivity contribution in [3.05, 3.63) is 87.4 Å². The lowest BCUT2D eigenvalue weighted by atomic mass is 10.2. The number of hydrogen-bond acceptors (Lipinski definition) is 3. The summed E-state index contributed by atoms with van der Waals surface area (Å²) in [5.41, 5.74) is 0.555. The van der Waals surface area contributed by atoms with Crippen molar-refractivity contribution in [3.63, 3.8) is 0 Å². The first kappa shape index (κ1) is 15.0. The van der Waals surface area contributed by atoms with Crippen molar-refractivity contribution in [1.82, 2.24) is 5.27 Å². The zero-order valence-electron chi connectivity index (χ0n) is 11.9. The fourth-order valence-electron chi connectivity index (χ4n) is 2.10. The minimum atomic E-state index is -0.727. The number of allylic oxidation sites excluding steroid dienone is 1. The number of hydrogen-bond donors (Lipinski definition) is 1. The average molecular weight is 328 g/mol. The van der Waals surface area contributed by atoms with Gasteiger partial charge in [0.2, 0.25) is 5.69 Å². The number of ketones is 1. The maximum Gasteiger partial charge on any atom is 0.439 e. The predicted molar refractivity (Wildman–Crippen MR) is 85.7 cm³/mol. The van der Waals surface area contributed by atoms with E-state index in [4.69, 9.17) is 16.1 Å². The summed E-state index contributed by atoms with van der Waals surface area (Å²) in [5, 5.41) is 3.00. The van der Waals surface area contributed by atoms with Gasteiger partial charge in [0.1, 0.15) is 0 Å². The Morgan fingerprint density at radius 2 is 1.91 bits per heavy atom. The molecule has 1 N–H and O–H groups in total. The first-order valence-corrected chi connectivity index (χ1v) is 7.20. The number of aromatic amines is 1. The van der Waals surface area contributed by atoms with Gasteiger partial charge in [0.05, 0.1) is 0 Å². The molecule has 5 nitrogen and oxygen atoms in total. The smallest absolute Gasteiger partial charge is 0.282 e. The molecule has 6 heteroatoms. The summed E-state index contributed by atoms with van der Waals surface area (Å²) >= 11 is 5.90. The zero-order valence-corrected chi connectivity index (χ0v) is 12.7. The number of para-hydroxylation sites is 1. The number of nitrogens with zero attached hydrogens (tertiary/aromatic N) is 1. The molecule has 0 bridgehead atoms. The molecule has 23 heavy (non-hydrogen) atoms. The van der Waals surface area contributed by atoms with Crippen molar-refractivity contribution in [1.29, 1.82) is 0 Å². The number of halogens is 1. The molecule has 1 aromatic heterocycles. The van der Waals surface area contributed by atoms with Gasteiger partial charge in [0.15, 0.2) is 0 Å². The van der Waals surface area contributed by atoms with Gasteiger partial charge in [-0.15, -0.1) is 0 Å². The molecular weight excluding hydrogens is 316 g/mol. The van der Waals surface area contributed by atoms with Gasteiger partial charge in [-0.3, -0.25) is 9.32 Å². The number of rotatable bonds is 4. The third-order valence-corrected chi connectivity index (χ3v) is 3.41. The molecule has 2 aromatic carbocycles. The van der Waals surface area contributed by atoms with Crippen molar-refractivity contribution >= 4 is 23.5 Å². The van der Waals surface area contributed by atoms with E-state index < -0.39 is 11.4 Å². The van der Waals surface area contributed by atoms with E-state index in [1.54, 1.807) is 54.6 Å². The number of carbonyl (C=O) groups excluding carboxylic acids is 1. The van der Waals surface area contributed by atoms with Crippen LogP contribution in [-0.2, 0) is 0 Å². The Morgan fingerprint density at radius 3 is 2.65 bits per heavy atom. The van der Waals surface area contributed by atoms with Crippen LogP contribution in [0.2, 0.25) is 5.02 Å². The Labute approximate surface area is 136 Å². The number of benzene rings is 2. The van der Waals surface area contributed by atoms with E-state index >= 15 is 0 Å². The summed E-state index contributed by atoms with van der Waals surface area (Å²) in [5.74, 6) is -0.469. The van der Waals surface area contributed by atoms with E-state index in [1.807, 2.05) is 6.07 Å². The lowest BCUT2D eigenvalue weighted by molar-refractivity contribution is -0.672. The minimum absolute atomic E-state index is 0.102. The highest BCUT2D eigenvalue weighted by Gasteiger charge is 2.28. The molecule has 0 fully saturated rings. The summed E-state index contributed by atoms with van der Waals surface area (Å²) in [6.07, 6.45) is 2.90. The van der Waals surface area contributed by atoms with Gasteiger partial charge in [0, 0.05) is 17.2 Å². The molecule has 0 amide bonds. The van der Waals surface area contributed by atoms with Crippen molar-refractivity contribution in [2.45, 2.75) is 0 Å². The number of H-pyrrole nitrogens is 1. The van der Waals surface area contributed by atoms with E-state index in [0.29, 0.717) is 10.7 Å². The third-order valence-electron chi connectivity index (χ3n) is 3.17. The van der Waals surface area contributed by atoms with Gasteiger partial charge >= 0.3 is 11.3 Å². The van der Waals surface area contributed by atoms with Crippen molar-refractivity contribution in [2.75, 3.05) is 0 Å². The van der Waals surface area contributed by atoms with Gasteiger partial charge in [-0.1, -0.05) is 48.0 Å². The quantitative estimate of drug-likeness (QED) is 0.455. The van der Waals surface area contributed by atoms with Crippen LogP contribution < -0.4 is 10.3 Å². The zero-order chi connectivity index (χ0) is 16.2. The van der Waals surface area contributed by atoms with Crippen molar-refractivity contribution < 1.29 is 14.0 Å². The lowest BCUT2D eigenvalue weighted by Crippen LogP contribution is -2.40. The molecule has 0 saturated heterocycles. The fourth-order valence-corrected chi connectivity index (χ4v) is 2.30. The molecule has 0 radical (unpaired) electrons. The molecule has 3 aromatic rings. The maximum atomic E-state index is 12.4. The number of aromatic nitrogens is 2. The van der Waals surface area contributed by atoms with Crippen LogP contribution in [-0.4, -0.2) is 11.1 Å². The Bertz CT molecular complexity index is 926. The van der Waals surface area contributed by atoms with Crippen LogP contribution in [0.1, 0.15) is 16.1 Å². The van der Waals surface area contributed by atoms with E-state index in [0.717, 1.165) is 5.56 Å². The number of carbonyl (C=O) groups is 1. The third kappa shape index (κ3) is 3.30. The predicted octanol–water partition coefficient (Wildman–Crippen LogP) is 2.79. The van der Waals surface area contributed by atoms with Crippen LogP contribution in [0.25, 0.3) is 11.8 Å². The van der Waals surface area contributed by atoms with Crippen molar-refractivity contribution in [3.8, 4) is 5.69 Å². The molecule has 0 aliphatic rings. The highest BCUT2D eigenvalue weighted by atomic mass is 35.5. The molecule has 3 rings (SSSR count). The van der Waals surface area contributed by atoms with Gasteiger partial charge < -0.3 is 0 Å². The Kier molecular flexibility index (Phi) is 4.21. The monoisotopic (exact) mass is 327 g/mol. The summed E-state index contributed by atoms with van der Waals surface area (Å²) in [6, 6.07) is 16.0. The fraction of sp³-hybridized carbons (Fsp3) is 0. The van der Waals surface area contributed by atoms with E-state index in [2.05, 4.69) is 5.27 Å². The van der Waals surface area contributed by atoms with Crippen LogP contribution in [0.5, 0.6) is 0 Å². The van der Waals surface area contributed by atoms with Gasteiger partial charge in [-0.25, -0.2) is 4.79 Å². The standard InChI is InChI=1S/C17H11ClN2O3/c18-13-6-4-5-12(11-13)9-10-15(21)16-17(22)23-19-20(16)14-7-2-1-3-8-14/h1-11H/p+1/b10-9+. The molecule has 0 saturated carbocycles. The molecule has 1 heterocycles. The Balaban J connectivity index is 1.94. The van der Waals surface area contributed by atoms with Gasteiger partial charge in [0.25, 0.3) is 5.78 Å². The molecule has 0 aliphatic carbocycles. The molecule has 0 atom stereocenters. The van der Waals surface area contributed by atoms with Gasteiger partial charge in [-0.2, -0.15) is 0 Å². The Hall–Kier alpha value is -2.92. The summed E-state index contributed by atoms with van der Waals surface area (Å²) in [4.78, 5) is 24.2. The van der Waals surface area contributed by atoms with Gasteiger partial charge in [-0.05, 0) is 33.7 Å². The summed E-state index contributed by atoms with van der Waals surface area (Å²) in [7, 11) is 0. The Morgan fingerprint density at radius 1 is 1.13 bits per heavy atom. The molecule has 0 unspecified atom stereocenters.